The summed E-state index contributed by atoms with van der Waals surface area (Å²) >= 11 is 0. The molecular weight excluding hydrogens is 1100 g/mol. The highest BCUT2D eigenvalue weighted by molar-refractivity contribution is 7.85. The highest BCUT2D eigenvalue weighted by atomic mass is 32.2. The van der Waals surface area contributed by atoms with E-state index < -0.39 is 33.3 Å². The highest BCUT2D eigenvalue weighted by Crippen LogP contribution is 2.48. The van der Waals surface area contributed by atoms with Crippen molar-refractivity contribution >= 4 is 27.9 Å². The molecule has 0 bridgehead atoms. The Balaban J connectivity index is 1.28. The first kappa shape index (κ1) is 68.5. The third-order valence-corrected chi connectivity index (χ3v) is 14.2. The molecule has 1 aromatic heterocycles. The molecule has 0 amide bonds. The summed E-state index contributed by atoms with van der Waals surface area (Å²) in [4.78, 5) is 19.6. The van der Waals surface area contributed by atoms with Crippen molar-refractivity contribution in [3.8, 4) is 23.1 Å². The number of hydrogen-bond acceptors (Lipinski definition) is 19. The predicted octanol–water partition coefficient (Wildman–Crippen LogP) is 6.27. The molecule has 83 heavy (non-hydrogen) atoms. The summed E-state index contributed by atoms with van der Waals surface area (Å²) in [5.74, 6) is 0.0806. The van der Waals surface area contributed by atoms with Crippen molar-refractivity contribution in [3.63, 3.8) is 0 Å². The van der Waals surface area contributed by atoms with Gasteiger partial charge in [0.1, 0.15) is 24.7 Å². The largest absolute Gasteiger partial charge is 0.492 e. The van der Waals surface area contributed by atoms with Crippen LogP contribution >= 0.6 is 0 Å². The van der Waals surface area contributed by atoms with E-state index in [0.29, 0.717) is 182 Å². The molecule has 0 radical (unpaired) electrons. The average Bonchev–Trinajstić information content (AvgIpc) is 3.43. The maximum atomic E-state index is 12.5. The number of carbonyl (C=O) groups is 1. The summed E-state index contributed by atoms with van der Waals surface area (Å²) in [6.07, 6.45) is 7.91. The standard InChI is InChI=1S/C60H89N3O19S/c1-59(2,3)55-44-47(12-11-13-54-60(4,5)51-46-49(83(67,68)69)16-18-52(51)62(54)21-10-8-9-14-58(66)82-63-56(64)19-20-57(63)65)50-17-15-48(45-53(50)81-55)61(22-24-72-30-32-76-38-40-78-36-34-74-28-26-70-6)23-25-73-31-33-77-39-41-80-43-42-79-37-35-75-29-27-71-7/h11-13,15-20,44-46H,8-10,14,21-43H2,1-7H3,(H2-,64,65,67,68,69)/p+1. The molecule has 2 aromatic rings. The van der Waals surface area contributed by atoms with Gasteiger partial charge in [0, 0.05) is 73.2 Å². The lowest BCUT2D eigenvalue weighted by molar-refractivity contribution is -0.145. The van der Waals surface area contributed by atoms with Gasteiger partial charge in [0.2, 0.25) is 17.1 Å². The SMILES string of the molecule is COCCOCCOCCOCCOCCOCC[N+](CCOCCOCCOCCOCCOC)=c1ccc2c(C=CC=C3N(CCCCCC(=O)On4c(O)ccc4O)c4ccc(S(=O)(=O)O)cc4C3(C)C)cc(C(C)(C)C)oc-2c1. The van der Waals surface area contributed by atoms with Gasteiger partial charge in [-0.1, -0.05) is 53.2 Å². The highest BCUT2D eigenvalue weighted by Gasteiger charge is 2.40. The van der Waals surface area contributed by atoms with Crippen LogP contribution in [-0.4, -0.2) is 200 Å². The van der Waals surface area contributed by atoms with Crippen molar-refractivity contribution < 1.29 is 89.3 Å². The Morgan fingerprint density at radius 2 is 1.13 bits per heavy atom. The molecule has 0 saturated heterocycles. The number of nitrogens with zero attached hydrogens (tertiary/aromatic N) is 3. The normalized spacial score (nSPS) is 14.4. The molecule has 0 spiro atoms. The number of allylic oxidation sites excluding steroid dienone is 3. The van der Waals surface area contributed by atoms with Crippen molar-refractivity contribution in [2.24, 2.45) is 0 Å². The van der Waals surface area contributed by atoms with Crippen LogP contribution in [0, 0.1) is 0 Å². The zero-order valence-corrected chi connectivity index (χ0v) is 50.5. The minimum Gasteiger partial charge on any atom is -0.492 e. The van der Waals surface area contributed by atoms with E-state index in [-0.39, 0.29) is 16.7 Å². The van der Waals surface area contributed by atoms with E-state index in [1.54, 1.807) is 20.3 Å². The molecule has 1 aliphatic carbocycles. The lowest BCUT2D eigenvalue weighted by Gasteiger charge is -2.27. The zero-order valence-electron chi connectivity index (χ0n) is 49.6. The van der Waals surface area contributed by atoms with E-state index in [1.165, 1.54) is 24.3 Å². The Morgan fingerprint density at radius 1 is 0.639 bits per heavy atom. The number of fused-ring (bicyclic) bond motifs is 2. The van der Waals surface area contributed by atoms with Crippen LogP contribution < -0.4 is 19.7 Å². The summed E-state index contributed by atoms with van der Waals surface area (Å²) in [6, 6.07) is 15.3. The van der Waals surface area contributed by atoms with Crippen LogP contribution in [0.2, 0.25) is 0 Å². The Bertz CT molecular complexity index is 2730. The number of aromatic hydroxyl groups is 2. The number of rotatable bonds is 43. The number of ether oxygens (including phenoxy) is 11. The number of aromatic nitrogens is 1. The summed E-state index contributed by atoms with van der Waals surface area (Å²) < 4.78 is 105. The summed E-state index contributed by atoms with van der Waals surface area (Å²) in [6.45, 7) is 21.4. The first-order valence-corrected chi connectivity index (χ1v) is 29.8. The first-order valence-electron chi connectivity index (χ1n) is 28.4. The molecule has 3 N–H and O–H groups in total. The van der Waals surface area contributed by atoms with Gasteiger partial charge >= 0.3 is 5.97 Å². The summed E-state index contributed by atoms with van der Waals surface area (Å²) in [5, 5.41) is 20.7. The fraction of sp³-hybridized carbons (Fsp3) is 0.600. The Labute approximate surface area is 489 Å². The van der Waals surface area contributed by atoms with E-state index in [2.05, 4.69) is 54.5 Å². The van der Waals surface area contributed by atoms with E-state index in [4.69, 9.17) is 61.4 Å². The van der Waals surface area contributed by atoms with Gasteiger partial charge in [-0.25, -0.2) is 9.37 Å². The molecule has 1 aromatic carbocycles. The van der Waals surface area contributed by atoms with Gasteiger partial charge in [0.25, 0.3) is 10.1 Å². The van der Waals surface area contributed by atoms with E-state index >= 15 is 0 Å². The summed E-state index contributed by atoms with van der Waals surface area (Å²) in [5.41, 5.74) is 3.25. The van der Waals surface area contributed by atoms with Crippen molar-refractivity contribution in [1.82, 2.24) is 9.31 Å². The van der Waals surface area contributed by atoms with Gasteiger partial charge < -0.3 is 76.5 Å². The third kappa shape index (κ3) is 23.6. The molecular formula is C60H90N3O19S+. The van der Waals surface area contributed by atoms with Crippen LogP contribution in [0.4, 0.5) is 5.69 Å². The van der Waals surface area contributed by atoms with Gasteiger partial charge in [-0.2, -0.15) is 8.42 Å². The quantitative estimate of drug-likeness (QED) is 0.0251. The summed E-state index contributed by atoms with van der Waals surface area (Å²) in [7, 11) is -1.21. The Kier molecular flexibility index (Phi) is 30.2. The monoisotopic (exact) mass is 1190 g/mol. The molecule has 464 valence electrons. The molecule has 3 heterocycles. The van der Waals surface area contributed by atoms with Crippen molar-refractivity contribution in [3.05, 3.63) is 94.7 Å². The molecule has 3 aliphatic rings. The van der Waals surface area contributed by atoms with E-state index in [1.807, 2.05) is 32.1 Å². The minimum atomic E-state index is -4.48. The third-order valence-electron chi connectivity index (χ3n) is 13.3. The van der Waals surface area contributed by atoms with Gasteiger partial charge in [0.15, 0.2) is 13.1 Å². The van der Waals surface area contributed by atoms with Crippen molar-refractivity contribution in [2.75, 3.05) is 171 Å². The lowest BCUT2D eigenvalue weighted by atomic mass is 9.83. The van der Waals surface area contributed by atoms with Gasteiger partial charge in [-0.3, -0.25) is 4.55 Å². The van der Waals surface area contributed by atoms with Crippen LogP contribution in [-0.2, 0) is 77.8 Å². The second-order valence-electron chi connectivity index (χ2n) is 20.9. The molecule has 22 nitrogen and oxygen atoms in total. The Morgan fingerprint density at radius 3 is 1.61 bits per heavy atom. The van der Waals surface area contributed by atoms with Crippen molar-refractivity contribution in [1.29, 1.82) is 0 Å². The van der Waals surface area contributed by atoms with Crippen LogP contribution in [0.1, 0.15) is 77.2 Å². The van der Waals surface area contributed by atoms with Gasteiger partial charge in [-0.15, -0.1) is 4.73 Å². The fourth-order valence-electron chi connectivity index (χ4n) is 8.81. The van der Waals surface area contributed by atoms with Crippen LogP contribution in [0.3, 0.4) is 0 Å². The maximum absolute atomic E-state index is 12.5. The average molecular weight is 1190 g/mol. The smallest absolute Gasteiger partial charge is 0.333 e. The van der Waals surface area contributed by atoms with Crippen LogP contribution in [0.25, 0.3) is 17.4 Å². The number of anilines is 1. The van der Waals surface area contributed by atoms with Crippen molar-refractivity contribution in [2.45, 2.75) is 76.0 Å². The molecule has 2 aliphatic heterocycles. The molecule has 5 rings (SSSR count). The predicted molar refractivity (Wildman–Crippen MR) is 312 cm³/mol. The topological polar surface area (TPSA) is 247 Å². The Hall–Kier alpha value is -5.25. The van der Waals surface area contributed by atoms with E-state index in [0.717, 1.165) is 39.2 Å². The number of methoxy groups -OCH3 is 2. The van der Waals surface area contributed by atoms with Gasteiger partial charge in [-0.05, 0) is 60.4 Å². The van der Waals surface area contributed by atoms with E-state index in [9.17, 15) is 28.0 Å². The molecule has 0 unspecified atom stereocenters. The molecule has 0 saturated carbocycles. The van der Waals surface area contributed by atoms with Crippen LogP contribution in [0.5, 0.6) is 11.8 Å². The molecule has 23 heteroatoms. The number of carbonyl (C=O) groups excluding carboxylic acids is 1. The first-order chi connectivity index (χ1) is 39.9. The number of benzene rings is 2. The molecule has 0 atom stereocenters. The van der Waals surface area contributed by atoms with Gasteiger partial charge in [0.05, 0.1) is 130 Å². The lowest BCUT2D eigenvalue weighted by Crippen LogP contribution is -2.36. The fourth-order valence-corrected chi connectivity index (χ4v) is 9.32. The second-order valence-corrected chi connectivity index (χ2v) is 22.4. The number of hydrogen-bond donors (Lipinski definition) is 3. The molecule has 0 fully saturated rings. The maximum Gasteiger partial charge on any atom is 0.333 e. The second kappa shape index (κ2) is 36.6. The van der Waals surface area contributed by atoms with Crippen LogP contribution in [0.15, 0.2) is 81.8 Å². The minimum absolute atomic E-state index is 0.0553. The number of unbranched alkanes of at least 4 members (excludes halogenated alkanes) is 2. The zero-order chi connectivity index (χ0) is 59.9.